The van der Waals surface area contributed by atoms with E-state index in [2.05, 4.69) is 33.0 Å². The minimum Gasteiger partial charge on any atom is -0.305 e. The molecule has 0 spiro atoms. The summed E-state index contributed by atoms with van der Waals surface area (Å²) in [4.78, 5) is 11.8. The summed E-state index contributed by atoms with van der Waals surface area (Å²) in [6.07, 6.45) is 0. The second kappa shape index (κ2) is 5.38. The summed E-state index contributed by atoms with van der Waals surface area (Å²) in [7, 11) is 0. The minimum atomic E-state index is 0.0139. The van der Waals surface area contributed by atoms with Crippen molar-refractivity contribution in [2.45, 2.75) is 53.6 Å². The second-order valence-electron chi connectivity index (χ2n) is 4.60. The number of hydrogen-bond acceptors (Lipinski definition) is 2. The zero-order valence-electron chi connectivity index (χ0n) is 9.72. The molecule has 0 amide bonds. The fourth-order valence-electron chi connectivity index (χ4n) is 1.32. The van der Waals surface area contributed by atoms with Crippen LogP contribution >= 0.6 is 0 Å². The number of ketones is 1. The second-order valence-corrected chi connectivity index (χ2v) is 4.60. The van der Waals surface area contributed by atoms with E-state index in [0.29, 0.717) is 17.7 Å². The van der Waals surface area contributed by atoms with E-state index in [-0.39, 0.29) is 12.0 Å². The Hall–Kier alpha value is -0.370. The summed E-state index contributed by atoms with van der Waals surface area (Å²) in [5.41, 5.74) is 0. The number of carbonyl (C=O) groups excluding carboxylic acids is 1. The SMILES string of the molecule is CC(C)NC(C(=O)C(C)C)C(C)C. The van der Waals surface area contributed by atoms with Crippen molar-refractivity contribution in [1.29, 1.82) is 0 Å². The van der Waals surface area contributed by atoms with Crippen LogP contribution in [0, 0.1) is 11.8 Å². The molecular weight excluding hydrogens is 162 g/mol. The molecule has 0 radical (unpaired) electrons. The third kappa shape index (κ3) is 4.41. The van der Waals surface area contributed by atoms with E-state index in [1.807, 2.05) is 13.8 Å². The lowest BCUT2D eigenvalue weighted by molar-refractivity contribution is -0.125. The molecule has 0 bridgehead atoms. The molecular formula is C11H23NO. The largest absolute Gasteiger partial charge is 0.305 e. The van der Waals surface area contributed by atoms with E-state index in [0.717, 1.165) is 0 Å². The Morgan fingerprint density at radius 1 is 1.00 bits per heavy atom. The summed E-state index contributed by atoms with van der Waals surface area (Å²) in [5.74, 6) is 0.819. The van der Waals surface area contributed by atoms with Crippen LogP contribution in [-0.2, 0) is 4.79 Å². The first kappa shape index (κ1) is 12.6. The van der Waals surface area contributed by atoms with E-state index in [1.54, 1.807) is 0 Å². The standard InChI is InChI=1S/C11H23NO/c1-7(2)10(12-9(5)6)11(13)8(3)4/h7-10,12H,1-6H3. The molecule has 0 aromatic rings. The van der Waals surface area contributed by atoms with Crippen molar-refractivity contribution in [2.75, 3.05) is 0 Å². The first-order valence-corrected chi connectivity index (χ1v) is 5.16. The Morgan fingerprint density at radius 3 is 1.69 bits per heavy atom. The van der Waals surface area contributed by atoms with Gasteiger partial charge in [0.1, 0.15) is 0 Å². The topological polar surface area (TPSA) is 29.1 Å². The predicted octanol–water partition coefficient (Wildman–Crippen LogP) is 2.23. The zero-order valence-corrected chi connectivity index (χ0v) is 9.72. The summed E-state index contributed by atoms with van der Waals surface area (Å²) in [6.45, 7) is 12.2. The predicted molar refractivity (Wildman–Crippen MR) is 56.7 cm³/mol. The van der Waals surface area contributed by atoms with Crippen molar-refractivity contribution >= 4 is 5.78 Å². The van der Waals surface area contributed by atoms with Gasteiger partial charge < -0.3 is 5.32 Å². The molecule has 1 N–H and O–H groups in total. The highest BCUT2D eigenvalue weighted by Crippen LogP contribution is 2.09. The molecule has 2 nitrogen and oxygen atoms in total. The normalized spacial score (nSPS) is 14.2. The van der Waals surface area contributed by atoms with Gasteiger partial charge in [-0.25, -0.2) is 0 Å². The summed E-state index contributed by atoms with van der Waals surface area (Å²) < 4.78 is 0. The molecule has 0 rings (SSSR count). The average Bonchev–Trinajstić information content (AvgIpc) is 1.97. The van der Waals surface area contributed by atoms with Crippen molar-refractivity contribution in [1.82, 2.24) is 5.32 Å². The highest BCUT2D eigenvalue weighted by atomic mass is 16.1. The third-order valence-corrected chi connectivity index (χ3v) is 2.06. The highest BCUT2D eigenvalue weighted by molar-refractivity contribution is 5.85. The number of Topliss-reactive ketones (excluding diaryl/α,β-unsaturated/α-hetero) is 1. The molecule has 0 saturated carbocycles. The van der Waals surface area contributed by atoms with Crippen molar-refractivity contribution < 1.29 is 4.79 Å². The van der Waals surface area contributed by atoms with E-state index < -0.39 is 0 Å². The summed E-state index contributed by atoms with van der Waals surface area (Å²) >= 11 is 0. The molecule has 0 heterocycles. The van der Waals surface area contributed by atoms with Crippen LogP contribution in [0.3, 0.4) is 0 Å². The smallest absolute Gasteiger partial charge is 0.152 e. The maximum atomic E-state index is 11.8. The fraction of sp³-hybridized carbons (Fsp3) is 0.909. The summed E-state index contributed by atoms with van der Waals surface area (Å²) in [6, 6.07) is 0.384. The van der Waals surface area contributed by atoms with Crippen LogP contribution in [-0.4, -0.2) is 17.9 Å². The van der Waals surface area contributed by atoms with Crippen molar-refractivity contribution in [3.8, 4) is 0 Å². The third-order valence-electron chi connectivity index (χ3n) is 2.06. The first-order valence-electron chi connectivity index (χ1n) is 5.16. The lowest BCUT2D eigenvalue weighted by Gasteiger charge is -2.25. The molecule has 0 saturated heterocycles. The summed E-state index contributed by atoms with van der Waals surface area (Å²) in [5, 5.41) is 3.31. The molecule has 0 aliphatic carbocycles. The number of rotatable bonds is 5. The van der Waals surface area contributed by atoms with Crippen LogP contribution < -0.4 is 5.32 Å². The molecule has 0 aromatic heterocycles. The van der Waals surface area contributed by atoms with Gasteiger partial charge in [-0.05, 0) is 5.92 Å². The Kier molecular flexibility index (Phi) is 5.23. The van der Waals surface area contributed by atoms with E-state index in [4.69, 9.17) is 0 Å². The Bertz CT molecular complexity index is 161. The van der Waals surface area contributed by atoms with Gasteiger partial charge in [-0.2, -0.15) is 0 Å². The van der Waals surface area contributed by atoms with Gasteiger partial charge in [0, 0.05) is 12.0 Å². The van der Waals surface area contributed by atoms with E-state index >= 15 is 0 Å². The fourth-order valence-corrected chi connectivity index (χ4v) is 1.32. The molecule has 0 aromatic carbocycles. The molecule has 0 aliphatic rings. The molecule has 0 fully saturated rings. The van der Waals surface area contributed by atoms with Gasteiger partial charge in [-0.15, -0.1) is 0 Å². The van der Waals surface area contributed by atoms with E-state index in [9.17, 15) is 4.79 Å². The maximum absolute atomic E-state index is 11.8. The molecule has 78 valence electrons. The van der Waals surface area contributed by atoms with Gasteiger partial charge >= 0.3 is 0 Å². The van der Waals surface area contributed by atoms with Crippen molar-refractivity contribution in [2.24, 2.45) is 11.8 Å². The Labute approximate surface area is 82.1 Å². The Balaban J connectivity index is 4.33. The average molecular weight is 185 g/mol. The van der Waals surface area contributed by atoms with Gasteiger partial charge in [0.05, 0.1) is 6.04 Å². The molecule has 2 heteroatoms. The monoisotopic (exact) mass is 185 g/mol. The highest BCUT2D eigenvalue weighted by Gasteiger charge is 2.24. The minimum absolute atomic E-state index is 0.0139. The van der Waals surface area contributed by atoms with Crippen molar-refractivity contribution in [3.05, 3.63) is 0 Å². The van der Waals surface area contributed by atoms with Gasteiger partial charge in [0.2, 0.25) is 0 Å². The van der Waals surface area contributed by atoms with Crippen LogP contribution in [0.2, 0.25) is 0 Å². The van der Waals surface area contributed by atoms with Crippen LogP contribution in [0.4, 0.5) is 0 Å². The quantitative estimate of drug-likeness (QED) is 0.711. The number of hydrogen-bond donors (Lipinski definition) is 1. The maximum Gasteiger partial charge on any atom is 0.152 e. The van der Waals surface area contributed by atoms with E-state index in [1.165, 1.54) is 0 Å². The molecule has 0 aliphatic heterocycles. The lowest BCUT2D eigenvalue weighted by Crippen LogP contribution is -2.46. The van der Waals surface area contributed by atoms with Gasteiger partial charge in [-0.3, -0.25) is 4.79 Å². The molecule has 1 unspecified atom stereocenters. The van der Waals surface area contributed by atoms with Crippen LogP contribution in [0.5, 0.6) is 0 Å². The van der Waals surface area contributed by atoms with Crippen LogP contribution in [0.1, 0.15) is 41.5 Å². The van der Waals surface area contributed by atoms with Gasteiger partial charge in [0.15, 0.2) is 5.78 Å². The Morgan fingerprint density at radius 2 is 1.46 bits per heavy atom. The molecule has 1 atom stereocenters. The van der Waals surface area contributed by atoms with Crippen molar-refractivity contribution in [3.63, 3.8) is 0 Å². The lowest BCUT2D eigenvalue weighted by atomic mass is 9.92. The number of nitrogens with one attached hydrogen (secondary N) is 1. The van der Waals surface area contributed by atoms with Crippen LogP contribution in [0.15, 0.2) is 0 Å². The molecule has 13 heavy (non-hydrogen) atoms. The number of carbonyl (C=O) groups is 1. The van der Waals surface area contributed by atoms with Gasteiger partial charge in [-0.1, -0.05) is 41.5 Å². The first-order chi connectivity index (χ1) is 5.86. The van der Waals surface area contributed by atoms with Gasteiger partial charge in [0.25, 0.3) is 0 Å². The zero-order chi connectivity index (χ0) is 10.6. The van der Waals surface area contributed by atoms with Crippen LogP contribution in [0.25, 0.3) is 0 Å².